The van der Waals surface area contributed by atoms with E-state index >= 15 is 0 Å². The van der Waals surface area contributed by atoms with Crippen LogP contribution in [0.2, 0.25) is 5.02 Å². The van der Waals surface area contributed by atoms with Crippen molar-refractivity contribution in [1.82, 2.24) is 5.32 Å². The summed E-state index contributed by atoms with van der Waals surface area (Å²) < 4.78 is 14.7. The molecule has 2 rings (SSSR count). The average molecular weight is 321 g/mol. The Morgan fingerprint density at radius 2 is 2.24 bits per heavy atom. The summed E-state index contributed by atoms with van der Waals surface area (Å²) in [7, 11) is 1.87. The van der Waals surface area contributed by atoms with E-state index in [1.54, 1.807) is 0 Å². The zero-order valence-corrected chi connectivity index (χ0v) is 12.1. The molecule has 0 saturated heterocycles. The van der Waals surface area contributed by atoms with Gasteiger partial charge in [-0.3, -0.25) is 0 Å². The fraction of sp³-hybridized carbons (Fsp3) is 0.538. The molecule has 17 heavy (non-hydrogen) atoms. The Kier molecular flexibility index (Phi) is 4.45. The van der Waals surface area contributed by atoms with Crippen LogP contribution in [0.25, 0.3) is 0 Å². The standard InChI is InChI=1S/C13H16BrClFN/c1-17-11(7-8-3-2-4-8)9-5-6-10(14)12(15)13(9)16/h5-6,8,11,17H,2-4,7H2,1H3. The van der Waals surface area contributed by atoms with Crippen molar-refractivity contribution in [3.05, 3.63) is 33.0 Å². The van der Waals surface area contributed by atoms with E-state index < -0.39 is 0 Å². The fourth-order valence-corrected chi connectivity index (χ4v) is 2.75. The molecule has 4 heteroatoms. The minimum absolute atomic E-state index is 0.0610. The summed E-state index contributed by atoms with van der Waals surface area (Å²) in [6.45, 7) is 0. The van der Waals surface area contributed by atoms with Crippen LogP contribution in [-0.2, 0) is 0 Å². The van der Waals surface area contributed by atoms with Crippen LogP contribution < -0.4 is 5.32 Å². The van der Waals surface area contributed by atoms with Gasteiger partial charge in [-0.25, -0.2) is 4.39 Å². The molecule has 1 N–H and O–H groups in total. The Morgan fingerprint density at radius 3 is 2.76 bits per heavy atom. The number of hydrogen-bond acceptors (Lipinski definition) is 1. The molecule has 0 bridgehead atoms. The Balaban J connectivity index is 2.20. The van der Waals surface area contributed by atoms with E-state index in [9.17, 15) is 4.39 Å². The summed E-state index contributed by atoms with van der Waals surface area (Å²) in [5, 5.41) is 3.37. The molecule has 1 aromatic carbocycles. The predicted octanol–water partition coefficient (Wildman–Crippen LogP) is 4.69. The summed E-state index contributed by atoms with van der Waals surface area (Å²) in [4.78, 5) is 0. The van der Waals surface area contributed by atoms with Crippen molar-refractivity contribution in [1.29, 1.82) is 0 Å². The first-order valence-corrected chi connectivity index (χ1v) is 7.11. The molecule has 1 atom stereocenters. The second-order valence-corrected chi connectivity index (χ2v) is 5.87. The van der Waals surface area contributed by atoms with Gasteiger partial charge in [0.2, 0.25) is 0 Å². The maximum atomic E-state index is 14.1. The molecule has 0 spiro atoms. The van der Waals surface area contributed by atoms with E-state index in [-0.39, 0.29) is 16.9 Å². The van der Waals surface area contributed by atoms with Gasteiger partial charge in [-0.15, -0.1) is 0 Å². The maximum absolute atomic E-state index is 14.1. The van der Waals surface area contributed by atoms with Crippen molar-refractivity contribution in [2.24, 2.45) is 5.92 Å². The van der Waals surface area contributed by atoms with E-state index in [4.69, 9.17) is 11.6 Å². The molecule has 0 aromatic heterocycles. The van der Waals surface area contributed by atoms with Gasteiger partial charge < -0.3 is 5.32 Å². The molecule has 1 saturated carbocycles. The van der Waals surface area contributed by atoms with Gasteiger partial charge in [-0.1, -0.05) is 36.9 Å². The van der Waals surface area contributed by atoms with E-state index in [1.165, 1.54) is 19.3 Å². The smallest absolute Gasteiger partial charge is 0.147 e. The zero-order chi connectivity index (χ0) is 12.4. The molecule has 0 heterocycles. The summed E-state index contributed by atoms with van der Waals surface area (Å²) in [6.07, 6.45) is 4.84. The number of halogens is 3. The minimum atomic E-state index is -0.306. The highest BCUT2D eigenvalue weighted by Crippen LogP contribution is 2.37. The quantitative estimate of drug-likeness (QED) is 0.793. The van der Waals surface area contributed by atoms with Crippen molar-refractivity contribution in [3.8, 4) is 0 Å². The molecule has 94 valence electrons. The highest BCUT2D eigenvalue weighted by atomic mass is 79.9. The van der Waals surface area contributed by atoms with Gasteiger partial charge in [0, 0.05) is 16.1 Å². The number of hydrogen-bond donors (Lipinski definition) is 1. The van der Waals surface area contributed by atoms with Gasteiger partial charge in [0.1, 0.15) is 5.82 Å². The SMILES string of the molecule is CNC(CC1CCC1)c1ccc(Br)c(Cl)c1F. The maximum Gasteiger partial charge on any atom is 0.147 e. The molecule has 1 aliphatic rings. The first-order valence-electron chi connectivity index (χ1n) is 5.94. The van der Waals surface area contributed by atoms with Crippen LogP contribution in [0, 0.1) is 11.7 Å². The summed E-state index contributed by atoms with van der Waals surface area (Å²) >= 11 is 9.15. The van der Waals surface area contributed by atoms with Gasteiger partial charge in [-0.05, 0) is 41.4 Å². The zero-order valence-electron chi connectivity index (χ0n) is 9.77. The third-order valence-corrected chi connectivity index (χ3v) is 4.84. The van der Waals surface area contributed by atoms with Crippen molar-refractivity contribution >= 4 is 27.5 Å². The van der Waals surface area contributed by atoms with E-state index in [0.717, 1.165) is 12.3 Å². The second-order valence-electron chi connectivity index (χ2n) is 4.64. The summed E-state index contributed by atoms with van der Waals surface area (Å²) in [5.74, 6) is 0.425. The molecule has 0 aliphatic heterocycles. The van der Waals surface area contributed by atoms with E-state index in [0.29, 0.717) is 10.0 Å². The molecular weight excluding hydrogens is 305 g/mol. The Bertz CT molecular complexity index is 407. The van der Waals surface area contributed by atoms with Gasteiger partial charge in [-0.2, -0.15) is 0 Å². The minimum Gasteiger partial charge on any atom is -0.313 e. The third-order valence-electron chi connectivity index (χ3n) is 3.58. The molecular formula is C13H16BrClFN. The van der Waals surface area contributed by atoms with Crippen molar-refractivity contribution in [3.63, 3.8) is 0 Å². The Hall–Kier alpha value is -0.120. The van der Waals surface area contributed by atoms with Crippen LogP contribution in [0.1, 0.15) is 37.3 Å². The fourth-order valence-electron chi connectivity index (χ4n) is 2.27. The van der Waals surface area contributed by atoms with Crippen molar-refractivity contribution < 1.29 is 4.39 Å². The normalized spacial score (nSPS) is 17.9. The van der Waals surface area contributed by atoms with Gasteiger partial charge in [0.25, 0.3) is 0 Å². The molecule has 0 amide bonds. The highest BCUT2D eigenvalue weighted by molar-refractivity contribution is 9.10. The largest absolute Gasteiger partial charge is 0.313 e. The van der Waals surface area contributed by atoms with Crippen LogP contribution >= 0.6 is 27.5 Å². The monoisotopic (exact) mass is 319 g/mol. The van der Waals surface area contributed by atoms with Crippen molar-refractivity contribution in [2.75, 3.05) is 7.05 Å². The van der Waals surface area contributed by atoms with Crippen molar-refractivity contribution in [2.45, 2.75) is 31.7 Å². The number of benzene rings is 1. The lowest BCUT2D eigenvalue weighted by atomic mass is 9.79. The lowest BCUT2D eigenvalue weighted by Gasteiger charge is -2.30. The molecule has 1 aliphatic carbocycles. The molecule has 1 nitrogen and oxygen atoms in total. The van der Waals surface area contributed by atoms with Crippen LogP contribution in [0.5, 0.6) is 0 Å². The van der Waals surface area contributed by atoms with Crippen LogP contribution in [0.3, 0.4) is 0 Å². The third kappa shape index (κ3) is 2.83. The highest BCUT2D eigenvalue weighted by Gasteiger charge is 2.24. The Morgan fingerprint density at radius 1 is 1.53 bits per heavy atom. The topological polar surface area (TPSA) is 12.0 Å². The molecule has 1 unspecified atom stereocenters. The average Bonchev–Trinajstić information content (AvgIpc) is 2.27. The lowest BCUT2D eigenvalue weighted by molar-refractivity contribution is 0.263. The van der Waals surface area contributed by atoms with Crippen LogP contribution in [0.15, 0.2) is 16.6 Å². The second kappa shape index (κ2) is 5.68. The number of rotatable bonds is 4. The van der Waals surface area contributed by atoms with E-state index in [2.05, 4.69) is 21.2 Å². The van der Waals surface area contributed by atoms with Crippen LogP contribution in [-0.4, -0.2) is 7.05 Å². The molecule has 1 aromatic rings. The predicted molar refractivity (Wildman–Crippen MR) is 72.9 cm³/mol. The summed E-state index contributed by atoms with van der Waals surface area (Å²) in [5.41, 5.74) is 0.674. The first-order chi connectivity index (χ1) is 8.13. The number of nitrogens with one attached hydrogen (secondary N) is 1. The van der Waals surface area contributed by atoms with Gasteiger partial charge in [0.15, 0.2) is 0 Å². The van der Waals surface area contributed by atoms with E-state index in [1.807, 2.05) is 19.2 Å². The van der Waals surface area contributed by atoms with Crippen LogP contribution in [0.4, 0.5) is 4.39 Å². The van der Waals surface area contributed by atoms with Gasteiger partial charge in [0.05, 0.1) is 5.02 Å². The first kappa shape index (κ1) is 13.3. The molecule has 1 fully saturated rings. The Labute approximate surface area is 115 Å². The molecule has 0 radical (unpaired) electrons. The summed E-state index contributed by atoms with van der Waals surface area (Å²) in [6, 6.07) is 3.68. The lowest BCUT2D eigenvalue weighted by Crippen LogP contribution is -2.24. The van der Waals surface area contributed by atoms with Gasteiger partial charge >= 0.3 is 0 Å².